The molecule has 2 rings (SSSR count). The van der Waals surface area contributed by atoms with Gasteiger partial charge in [0.15, 0.2) is 0 Å². The number of carbonyl (C=O) groups excluding carboxylic acids is 1. The van der Waals surface area contributed by atoms with Crippen LogP contribution in [0.1, 0.15) is 45.4 Å². The van der Waals surface area contributed by atoms with E-state index >= 15 is 0 Å². The van der Waals surface area contributed by atoms with Crippen molar-refractivity contribution in [3.63, 3.8) is 0 Å². The van der Waals surface area contributed by atoms with Gasteiger partial charge in [-0.15, -0.1) is 0 Å². The smallest absolute Gasteiger partial charge is 0.224 e. The molecule has 1 N–H and O–H groups in total. The van der Waals surface area contributed by atoms with E-state index in [0.29, 0.717) is 5.92 Å². The van der Waals surface area contributed by atoms with Gasteiger partial charge in [-0.2, -0.15) is 0 Å². The number of aryl methyl sites for hydroxylation is 2. The molecule has 1 aromatic rings. The molecule has 1 aromatic heterocycles. The molecule has 2 unspecified atom stereocenters. The zero-order chi connectivity index (χ0) is 16.3. The number of carbonyl (C=O) groups is 1. The highest BCUT2D eigenvalue weighted by molar-refractivity contribution is 5.83. The van der Waals surface area contributed by atoms with E-state index in [0.717, 1.165) is 25.1 Å². The van der Waals surface area contributed by atoms with Gasteiger partial charge < -0.3 is 5.32 Å². The Morgan fingerprint density at radius 3 is 2.68 bits per heavy atom. The van der Waals surface area contributed by atoms with E-state index in [1.165, 1.54) is 11.1 Å². The summed E-state index contributed by atoms with van der Waals surface area (Å²) < 4.78 is 0. The standard InChI is InChI=1S/C19H28N2O/c1-13(2)11-16-17(19(16,4)5)18(22)20-10-6-7-15-9-8-14(3)12-21-15/h8-9,11-12,16-17H,6-7,10H2,1-5H3,(H,20,22). The second-order valence-corrected chi connectivity index (χ2v) is 7.29. The highest BCUT2D eigenvalue weighted by atomic mass is 16.2. The van der Waals surface area contributed by atoms with Crippen LogP contribution in [0.4, 0.5) is 0 Å². The largest absolute Gasteiger partial charge is 0.356 e. The number of hydrogen-bond donors (Lipinski definition) is 1. The Bertz CT molecular complexity index is 553. The Balaban J connectivity index is 1.75. The number of aromatic nitrogens is 1. The third-order valence-corrected chi connectivity index (χ3v) is 4.59. The van der Waals surface area contributed by atoms with Crippen molar-refractivity contribution in [3.05, 3.63) is 41.2 Å². The first-order valence-corrected chi connectivity index (χ1v) is 8.16. The van der Waals surface area contributed by atoms with Gasteiger partial charge in [-0.3, -0.25) is 9.78 Å². The predicted octanol–water partition coefficient (Wildman–Crippen LogP) is 3.68. The minimum absolute atomic E-state index is 0.0971. The highest BCUT2D eigenvalue weighted by Crippen LogP contribution is 2.59. The molecule has 1 aliphatic rings. The average Bonchev–Trinajstić information content (AvgIpc) is 2.97. The molecule has 0 bridgehead atoms. The molecule has 3 heteroatoms. The molecule has 0 radical (unpaired) electrons. The van der Waals surface area contributed by atoms with Crippen molar-refractivity contribution in [2.24, 2.45) is 17.3 Å². The molecule has 1 saturated carbocycles. The van der Waals surface area contributed by atoms with Crippen molar-refractivity contribution in [2.45, 2.75) is 47.5 Å². The predicted molar refractivity (Wildman–Crippen MR) is 90.5 cm³/mol. The summed E-state index contributed by atoms with van der Waals surface area (Å²) in [5.74, 6) is 0.709. The third kappa shape index (κ3) is 3.96. The Hall–Kier alpha value is -1.64. The van der Waals surface area contributed by atoms with Crippen molar-refractivity contribution >= 4 is 5.91 Å². The summed E-state index contributed by atoms with van der Waals surface area (Å²) in [7, 11) is 0. The van der Waals surface area contributed by atoms with Gasteiger partial charge in [0, 0.05) is 18.4 Å². The van der Waals surface area contributed by atoms with Gasteiger partial charge >= 0.3 is 0 Å². The molecule has 120 valence electrons. The van der Waals surface area contributed by atoms with E-state index in [2.05, 4.69) is 56.2 Å². The first-order chi connectivity index (χ1) is 10.3. The number of pyridine rings is 1. The van der Waals surface area contributed by atoms with Crippen LogP contribution in [0.2, 0.25) is 0 Å². The summed E-state index contributed by atoms with van der Waals surface area (Å²) >= 11 is 0. The number of rotatable bonds is 6. The number of amides is 1. The number of nitrogens with zero attached hydrogens (tertiary/aromatic N) is 1. The van der Waals surface area contributed by atoms with Crippen LogP contribution in [0, 0.1) is 24.2 Å². The molecule has 2 atom stereocenters. The average molecular weight is 300 g/mol. The molecule has 0 saturated heterocycles. The van der Waals surface area contributed by atoms with Gasteiger partial charge in [0.05, 0.1) is 5.92 Å². The zero-order valence-corrected chi connectivity index (χ0v) is 14.4. The fourth-order valence-electron chi connectivity index (χ4n) is 3.09. The van der Waals surface area contributed by atoms with Crippen molar-refractivity contribution in [3.8, 4) is 0 Å². The molecule has 0 spiro atoms. The quantitative estimate of drug-likeness (QED) is 0.643. The van der Waals surface area contributed by atoms with E-state index in [4.69, 9.17) is 0 Å². The Morgan fingerprint density at radius 2 is 2.09 bits per heavy atom. The fourth-order valence-corrected chi connectivity index (χ4v) is 3.09. The number of nitrogens with one attached hydrogen (secondary N) is 1. The number of hydrogen-bond acceptors (Lipinski definition) is 2. The van der Waals surface area contributed by atoms with Crippen molar-refractivity contribution in [1.82, 2.24) is 10.3 Å². The van der Waals surface area contributed by atoms with Crippen LogP contribution in [-0.2, 0) is 11.2 Å². The normalized spacial score (nSPS) is 22.0. The van der Waals surface area contributed by atoms with Gasteiger partial charge in [0.2, 0.25) is 5.91 Å². The summed E-state index contributed by atoms with van der Waals surface area (Å²) in [5, 5.41) is 3.09. The minimum atomic E-state index is 0.0971. The van der Waals surface area contributed by atoms with Crippen molar-refractivity contribution in [1.29, 1.82) is 0 Å². The Kier molecular flexibility index (Phi) is 5.05. The summed E-state index contributed by atoms with van der Waals surface area (Å²) in [4.78, 5) is 16.7. The van der Waals surface area contributed by atoms with Gasteiger partial charge in [0.25, 0.3) is 0 Å². The SMILES string of the molecule is CC(C)=CC1C(C(=O)NCCCc2ccc(C)cn2)C1(C)C. The third-order valence-electron chi connectivity index (χ3n) is 4.59. The first-order valence-electron chi connectivity index (χ1n) is 8.16. The second kappa shape index (κ2) is 6.64. The molecule has 1 amide bonds. The lowest BCUT2D eigenvalue weighted by Gasteiger charge is -2.06. The van der Waals surface area contributed by atoms with Crippen LogP contribution >= 0.6 is 0 Å². The molecular formula is C19H28N2O. The van der Waals surface area contributed by atoms with E-state index < -0.39 is 0 Å². The lowest BCUT2D eigenvalue weighted by Crippen LogP contribution is -2.28. The molecule has 3 nitrogen and oxygen atoms in total. The number of allylic oxidation sites excluding steroid dienone is 2. The Morgan fingerprint density at radius 1 is 1.36 bits per heavy atom. The van der Waals surface area contributed by atoms with Gasteiger partial charge in [-0.05, 0) is 56.6 Å². The maximum atomic E-state index is 12.3. The Labute approximate surface area is 134 Å². The van der Waals surface area contributed by atoms with E-state index in [-0.39, 0.29) is 17.2 Å². The van der Waals surface area contributed by atoms with Crippen LogP contribution in [0.5, 0.6) is 0 Å². The molecule has 1 heterocycles. The minimum Gasteiger partial charge on any atom is -0.356 e. The summed E-state index contributed by atoms with van der Waals surface area (Å²) in [6.07, 6.45) is 5.97. The molecular weight excluding hydrogens is 272 g/mol. The topological polar surface area (TPSA) is 42.0 Å². The highest BCUT2D eigenvalue weighted by Gasteiger charge is 2.60. The monoisotopic (exact) mass is 300 g/mol. The van der Waals surface area contributed by atoms with E-state index in [9.17, 15) is 4.79 Å². The molecule has 1 aliphatic carbocycles. The summed E-state index contributed by atoms with van der Waals surface area (Å²) in [6.45, 7) is 11.3. The molecule has 1 fully saturated rings. The van der Waals surface area contributed by atoms with Crippen LogP contribution in [0.25, 0.3) is 0 Å². The van der Waals surface area contributed by atoms with Crippen molar-refractivity contribution in [2.75, 3.05) is 6.54 Å². The van der Waals surface area contributed by atoms with Crippen LogP contribution in [0.3, 0.4) is 0 Å². The van der Waals surface area contributed by atoms with Gasteiger partial charge in [-0.1, -0.05) is 31.6 Å². The van der Waals surface area contributed by atoms with Crippen LogP contribution in [-0.4, -0.2) is 17.4 Å². The maximum absolute atomic E-state index is 12.3. The molecule has 0 aromatic carbocycles. The van der Waals surface area contributed by atoms with Crippen molar-refractivity contribution < 1.29 is 4.79 Å². The van der Waals surface area contributed by atoms with Crippen LogP contribution in [0.15, 0.2) is 30.0 Å². The zero-order valence-electron chi connectivity index (χ0n) is 14.4. The molecule has 0 aliphatic heterocycles. The van der Waals surface area contributed by atoms with E-state index in [1.54, 1.807) is 0 Å². The first kappa shape index (κ1) is 16.7. The fraction of sp³-hybridized carbons (Fsp3) is 0.579. The lowest BCUT2D eigenvalue weighted by atomic mass is 10.1. The van der Waals surface area contributed by atoms with Gasteiger partial charge in [0.1, 0.15) is 0 Å². The summed E-state index contributed by atoms with van der Waals surface area (Å²) in [5.41, 5.74) is 3.66. The van der Waals surface area contributed by atoms with Gasteiger partial charge in [-0.25, -0.2) is 0 Å². The second-order valence-electron chi connectivity index (χ2n) is 7.29. The summed E-state index contributed by atoms with van der Waals surface area (Å²) in [6, 6.07) is 4.14. The lowest BCUT2D eigenvalue weighted by molar-refractivity contribution is -0.123. The van der Waals surface area contributed by atoms with E-state index in [1.807, 2.05) is 13.1 Å². The van der Waals surface area contributed by atoms with Crippen LogP contribution < -0.4 is 5.32 Å². The maximum Gasteiger partial charge on any atom is 0.224 e. The molecule has 22 heavy (non-hydrogen) atoms.